The first-order valence-electron chi connectivity index (χ1n) is 9.19. The van der Waals surface area contributed by atoms with Crippen LogP contribution in [0.3, 0.4) is 0 Å². The maximum absolute atomic E-state index is 10.9. The van der Waals surface area contributed by atoms with Crippen LogP contribution in [0.4, 0.5) is 0 Å². The van der Waals surface area contributed by atoms with Crippen molar-refractivity contribution in [2.24, 2.45) is 34.3 Å². The molecule has 3 heteroatoms. The molecule has 0 radical (unpaired) electrons. The lowest BCUT2D eigenvalue weighted by Crippen LogP contribution is -2.55. The summed E-state index contributed by atoms with van der Waals surface area (Å²) in [5.41, 5.74) is 7.86. The van der Waals surface area contributed by atoms with E-state index in [1.165, 1.54) is 12.0 Å². The van der Waals surface area contributed by atoms with Gasteiger partial charge in [0.1, 0.15) is 0 Å². The highest BCUT2D eigenvalue weighted by Gasteiger charge is 2.60. The zero-order valence-corrected chi connectivity index (χ0v) is 14.0. The summed E-state index contributed by atoms with van der Waals surface area (Å²) in [5.74, 6) is 1.37. The molecule has 4 aliphatic carbocycles. The molecule has 4 rings (SSSR count). The molecule has 0 saturated heterocycles. The average molecular weight is 305 g/mol. The molecular weight excluding hydrogens is 274 g/mol. The van der Waals surface area contributed by atoms with Gasteiger partial charge in [0.15, 0.2) is 0 Å². The normalized spacial score (nSPS) is 57.6. The Kier molecular flexibility index (Phi) is 3.32. The molecule has 3 nitrogen and oxygen atoms in total. The quantitative estimate of drug-likeness (QED) is 0.603. The summed E-state index contributed by atoms with van der Waals surface area (Å²) >= 11 is 0. The summed E-state index contributed by atoms with van der Waals surface area (Å²) in [4.78, 5) is 0. The summed E-state index contributed by atoms with van der Waals surface area (Å²) in [7, 11) is 0. The smallest absolute Gasteiger partial charge is 0.0757 e. The predicted molar refractivity (Wildman–Crippen MR) is 87.1 cm³/mol. The molecule has 0 bridgehead atoms. The van der Waals surface area contributed by atoms with Gasteiger partial charge in [-0.1, -0.05) is 25.5 Å². The first-order valence-corrected chi connectivity index (χ1v) is 9.19. The zero-order valence-electron chi connectivity index (χ0n) is 14.0. The molecule has 22 heavy (non-hydrogen) atoms. The standard InChI is InChI=1S/C19H31NO2/c1-18-7-5-12(20)9-11(18)10-15(21)17-13-3-4-16(22)19(13,2)8-6-14(17)18/h10,12-17,21-22H,3-9,20H2,1-2H3/t12-,13-,14-,15-,16-,17-,18-,19-/m0/s1. The molecule has 8 atom stereocenters. The van der Waals surface area contributed by atoms with E-state index in [4.69, 9.17) is 5.73 Å². The van der Waals surface area contributed by atoms with Crippen LogP contribution in [0.15, 0.2) is 11.6 Å². The van der Waals surface area contributed by atoms with Gasteiger partial charge in [-0.3, -0.25) is 0 Å². The molecule has 4 N–H and O–H groups in total. The Morgan fingerprint density at radius 1 is 1.05 bits per heavy atom. The number of nitrogens with two attached hydrogens (primary N) is 1. The Bertz CT molecular complexity index is 504. The number of aliphatic hydroxyl groups excluding tert-OH is 2. The van der Waals surface area contributed by atoms with Crippen molar-refractivity contribution in [3.63, 3.8) is 0 Å². The van der Waals surface area contributed by atoms with Gasteiger partial charge >= 0.3 is 0 Å². The Labute approximate surface area is 134 Å². The van der Waals surface area contributed by atoms with Crippen molar-refractivity contribution in [1.29, 1.82) is 0 Å². The Morgan fingerprint density at radius 2 is 1.82 bits per heavy atom. The van der Waals surface area contributed by atoms with Gasteiger partial charge in [0.05, 0.1) is 12.2 Å². The fraction of sp³-hybridized carbons (Fsp3) is 0.895. The van der Waals surface area contributed by atoms with Crippen molar-refractivity contribution in [3.05, 3.63) is 11.6 Å². The van der Waals surface area contributed by atoms with Gasteiger partial charge in [-0.25, -0.2) is 0 Å². The second-order valence-electron chi connectivity index (χ2n) is 9.03. The summed E-state index contributed by atoms with van der Waals surface area (Å²) in [6.07, 6.45) is 9.12. The van der Waals surface area contributed by atoms with Crippen LogP contribution in [0.1, 0.15) is 58.8 Å². The van der Waals surface area contributed by atoms with Crippen LogP contribution >= 0.6 is 0 Å². The minimum Gasteiger partial charge on any atom is -0.393 e. The summed E-state index contributed by atoms with van der Waals surface area (Å²) in [5, 5.41) is 21.4. The molecule has 0 heterocycles. The van der Waals surface area contributed by atoms with E-state index in [2.05, 4.69) is 19.9 Å². The maximum atomic E-state index is 10.9. The van der Waals surface area contributed by atoms with E-state index >= 15 is 0 Å². The van der Waals surface area contributed by atoms with E-state index in [1.807, 2.05) is 0 Å². The summed E-state index contributed by atoms with van der Waals surface area (Å²) in [6, 6.07) is 0.269. The lowest BCUT2D eigenvalue weighted by atomic mass is 9.47. The van der Waals surface area contributed by atoms with Crippen LogP contribution in [0, 0.1) is 28.6 Å². The van der Waals surface area contributed by atoms with Gasteiger partial charge in [0.2, 0.25) is 0 Å². The van der Waals surface area contributed by atoms with E-state index in [0.29, 0.717) is 17.8 Å². The molecule has 124 valence electrons. The van der Waals surface area contributed by atoms with Gasteiger partial charge in [-0.05, 0) is 73.5 Å². The van der Waals surface area contributed by atoms with Gasteiger partial charge < -0.3 is 15.9 Å². The average Bonchev–Trinajstić information content (AvgIpc) is 2.77. The van der Waals surface area contributed by atoms with Crippen LogP contribution in [-0.2, 0) is 0 Å². The summed E-state index contributed by atoms with van der Waals surface area (Å²) < 4.78 is 0. The number of hydrogen-bond donors (Lipinski definition) is 3. The van der Waals surface area contributed by atoms with Crippen molar-refractivity contribution < 1.29 is 10.2 Å². The monoisotopic (exact) mass is 305 g/mol. The molecule has 0 spiro atoms. The molecule has 0 aromatic rings. The highest BCUT2D eigenvalue weighted by Crippen LogP contribution is 2.64. The van der Waals surface area contributed by atoms with Gasteiger partial charge in [0, 0.05) is 6.04 Å². The van der Waals surface area contributed by atoms with Gasteiger partial charge in [-0.2, -0.15) is 0 Å². The highest BCUT2D eigenvalue weighted by atomic mass is 16.3. The maximum Gasteiger partial charge on any atom is 0.0757 e. The highest BCUT2D eigenvalue weighted by molar-refractivity contribution is 5.28. The van der Waals surface area contributed by atoms with Crippen molar-refractivity contribution in [3.8, 4) is 0 Å². The van der Waals surface area contributed by atoms with Crippen LogP contribution < -0.4 is 5.73 Å². The molecule has 0 aliphatic heterocycles. The third kappa shape index (κ3) is 1.85. The first kappa shape index (κ1) is 15.2. The summed E-state index contributed by atoms with van der Waals surface area (Å²) in [6.45, 7) is 4.68. The molecule has 0 aromatic heterocycles. The van der Waals surface area contributed by atoms with Crippen molar-refractivity contribution >= 4 is 0 Å². The number of hydrogen-bond acceptors (Lipinski definition) is 3. The number of fused-ring (bicyclic) bond motifs is 5. The second-order valence-corrected chi connectivity index (χ2v) is 9.03. The van der Waals surface area contributed by atoms with E-state index in [-0.39, 0.29) is 29.1 Å². The van der Waals surface area contributed by atoms with Crippen molar-refractivity contribution in [1.82, 2.24) is 0 Å². The minimum absolute atomic E-state index is 0.0227. The SMILES string of the molecule is C[C@]12CC[C@H]3[C@@H]([C@@H](O)C=C4C[C@@H](N)CC[C@@]43C)[C@@H]1CC[C@@H]2O. The fourth-order valence-corrected chi connectivity index (χ4v) is 6.65. The van der Waals surface area contributed by atoms with Crippen molar-refractivity contribution in [2.75, 3.05) is 0 Å². The molecule has 0 amide bonds. The van der Waals surface area contributed by atoms with Crippen LogP contribution in [0.2, 0.25) is 0 Å². The molecule has 0 unspecified atom stereocenters. The van der Waals surface area contributed by atoms with Gasteiger partial charge in [0.25, 0.3) is 0 Å². The van der Waals surface area contributed by atoms with Gasteiger partial charge in [-0.15, -0.1) is 0 Å². The third-order valence-electron chi connectivity index (χ3n) is 8.12. The molecule has 4 aliphatic rings. The van der Waals surface area contributed by atoms with Crippen molar-refractivity contribution in [2.45, 2.75) is 77.0 Å². The molecule has 0 aromatic carbocycles. The topological polar surface area (TPSA) is 66.5 Å². The third-order valence-corrected chi connectivity index (χ3v) is 8.12. The molecule has 3 saturated carbocycles. The predicted octanol–water partition coefficient (Wildman–Crippen LogP) is 2.61. The lowest BCUT2D eigenvalue weighted by Gasteiger charge is -2.58. The Balaban J connectivity index is 1.73. The Hall–Kier alpha value is -0.380. The van der Waals surface area contributed by atoms with Crippen LogP contribution in [-0.4, -0.2) is 28.5 Å². The number of aliphatic hydroxyl groups is 2. The number of rotatable bonds is 0. The van der Waals surface area contributed by atoms with E-state index in [9.17, 15) is 10.2 Å². The molecule has 3 fully saturated rings. The second kappa shape index (κ2) is 4.81. The Morgan fingerprint density at radius 3 is 2.59 bits per heavy atom. The van der Waals surface area contributed by atoms with Crippen LogP contribution in [0.5, 0.6) is 0 Å². The van der Waals surface area contributed by atoms with E-state index in [1.54, 1.807) is 0 Å². The zero-order chi connectivity index (χ0) is 15.7. The van der Waals surface area contributed by atoms with Crippen LogP contribution in [0.25, 0.3) is 0 Å². The first-order chi connectivity index (χ1) is 10.4. The van der Waals surface area contributed by atoms with E-state index in [0.717, 1.165) is 38.5 Å². The molecular formula is C19H31NO2. The van der Waals surface area contributed by atoms with E-state index < -0.39 is 0 Å². The minimum atomic E-state index is -0.340. The largest absolute Gasteiger partial charge is 0.393 e. The fourth-order valence-electron chi connectivity index (χ4n) is 6.65. The lowest BCUT2D eigenvalue weighted by molar-refractivity contribution is -0.102.